The summed E-state index contributed by atoms with van der Waals surface area (Å²) < 4.78 is 13.1. The molecule has 1 unspecified atom stereocenters. The number of benzene rings is 1. The molecule has 1 aromatic carbocycles. The van der Waals surface area contributed by atoms with Crippen LogP contribution in [0.15, 0.2) is 24.3 Å². The molecule has 2 fully saturated rings. The summed E-state index contributed by atoms with van der Waals surface area (Å²) in [6.45, 7) is 1.66. The maximum atomic E-state index is 13.1. The van der Waals surface area contributed by atoms with Crippen LogP contribution >= 0.6 is 11.8 Å². The van der Waals surface area contributed by atoms with Crippen molar-refractivity contribution in [1.82, 2.24) is 4.90 Å². The molecule has 1 aromatic rings. The van der Waals surface area contributed by atoms with Crippen molar-refractivity contribution in [2.75, 3.05) is 18.8 Å². The van der Waals surface area contributed by atoms with Gasteiger partial charge in [-0.25, -0.2) is 4.39 Å². The summed E-state index contributed by atoms with van der Waals surface area (Å²) in [7, 11) is 0. The van der Waals surface area contributed by atoms with Gasteiger partial charge in [-0.2, -0.15) is 0 Å². The van der Waals surface area contributed by atoms with E-state index in [1.54, 1.807) is 0 Å². The molecule has 126 valence electrons. The summed E-state index contributed by atoms with van der Waals surface area (Å²) in [4.78, 5) is 14.6. The topological polar surface area (TPSA) is 20.3 Å². The predicted molar refractivity (Wildman–Crippen MR) is 94.3 cm³/mol. The van der Waals surface area contributed by atoms with Crippen molar-refractivity contribution >= 4 is 17.7 Å². The maximum Gasteiger partial charge on any atom is 0.232 e. The first-order valence-corrected chi connectivity index (χ1v) is 9.92. The minimum atomic E-state index is -0.191. The van der Waals surface area contributed by atoms with E-state index in [-0.39, 0.29) is 11.7 Å². The van der Waals surface area contributed by atoms with E-state index in [4.69, 9.17) is 0 Å². The average Bonchev–Trinajstić information content (AvgIpc) is 2.96. The zero-order chi connectivity index (χ0) is 16.1. The van der Waals surface area contributed by atoms with Crippen LogP contribution in [0.1, 0.15) is 56.4 Å². The molecule has 2 aliphatic rings. The van der Waals surface area contributed by atoms with Gasteiger partial charge in [-0.1, -0.05) is 31.4 Å². The van der Waals surface area contributed by atoms with E-state index in [9.17, 15) is 9.18 Å². The number of hydrogen-bond donors (Lipinski definition) is 0. The standard InChI is InChI=1S/C19H26FNOS/c20-17-10-8-15(9-11-17)16-5-3-4-12-21(13-16)19(22)14-23-18-6-1-2-7-18/h8-11,16,18H,1-7,12-14H2. The third-order valence-corrected chi connectivity index (χ3v) is 6.47. The van der Waals surface area contributed by atoms with E-state index in [0.717, 1.165) is 37.9 Å². The van der Waals surface area contributed by atoms with Crippen LogP contribution in [0.25, 0.3) is 0 Å². The molecule has 0 radical (unpaired) electrons. The Bertz CT molecular complexity index is 513. The highest BCUT2D eigenvalue weighted by atomic mass is 32.2. The lowest BCUT2D eigenvalue weighted by molar-refractivity contribution is -0.128. The van der Waals surface area contributed by atoms with E-state index in [2.05, 4.69) is 0 Å². The number of thioether (sulfide) groups is 1. The van der Waals surface area contributed by atoms with Crippen molar-refractivity contribution in [2.24, 2.45) is 0 Å². The molecular weight excluding hydrogens is 309 g/mol. The summed E-state index contributed by atoms with van der Waals surface area (Å²) in [5.74, 6) is 1.07. The largest absolute Gasteiger partial charge is 0.341 e. The number of amides is 1. The highest BCUT2D eigenvalue weighted by molar-refractivity contribution is 8.00. The van der Waals surface area contributed by atoms with Gasteiger partial charge in [0.25, 0.3) is 0 Å². The van der Waals surface area contributed by atoms with Crippen LogP contribution in [0.3, 0.4) is 0 Å². The van der Waals surface area contributed by atoms with Crippen LogP contribution < -0.4 is 0 Å². The lowest BCUT2D eigenvalue weighted by Crippen LogP contribution is -2.35. The summed E-state index contributed by atoms with van der Waals surface area (Å²) in [5.41, 5.74) is 1.16. The van der Waals surface area contributed by atoms with Crippen LogP contribution in [0, 0.1) is 5.82 Å². The number of carbonyl (C=O) groups excluding carboxylic acids is 1. The Balaban J connectivity index is 1.57. The average molecular weight is 335 g/mol. The molecule has 1 atom stereocenters. The number of hydrogen-bond acceptors (Lipinski definition) is 2. The van der Waals surface area contributed by atoms with Crippen molar-refractivity contribution < 1.29 is 9.18 Å². The third kappa shape index (κ3) is 4.72. The fraction of sp³-hybridized carbons (Fsp3) is 0.632. The molecule has 0 bridgehead atoms. The fourth-order valence-electron chi connectivity index (χ4n) is 3.71. The molecule has 2 nitrogen and oxygen atoms in total. The van der Waals surface area contributed by atoms with Crippen LogP contribution in [-0.2, 0) is 4.79 Å². The Labute approximate surface area is 142 Å². The molecular formula is C19H26FNOS. The van der Waals surface area contributed by atoms with Gasteiger partial charge in [-0.3, -0.25) is 4.79 Å². The lowest BCUT2D eigenvalue weighted by Gasteiger charge is -2.25. The summed E-state index contributed by atoms with van der Waals surface area (Å²) >= 11 is 1.85. The molecule has 1 aliphatic carbocycles. The van der Waals surface area contributed by atoms with Gasteiger partial charge in [0.15, 0.2) is 0 Å². The fourth-order valence-corrected chi connectivity index (χ4v) is 4.94. The minimum absolute atomic E-state index is 0.191. The smallest absolute Gasteiger partial charge is 0.232 e. The molecule has 1 heterocycles. The first-order chi connectivity index (χ1) is 11.2. The van der Waals surface area contributed by atoms with Crippen LogP contribution in [0.5, 0.6) is 0 Å². The first kappa shape index (κ1) is 16.8. The molecule has 3 rings (SSSR count). The first-order valence-electron chi connectivity index (χ1n) is 8.87. The SMILES string of the molecule is O=C(CSC1CCCC1)N1CCCCC(c2ccc(F)cc2)C1. The summed E-state index contributed by atoms with van der Waals surface area (Å²) in [5, 5.41) is 0.693. The Morgan fingerprint density at radius 1 is 1.09 bits per heavy atom. The van der Waals surface area contributed by atoms with Crippen molar-refractivity contribution in [1.29, 1.82) is 0 Å². The summed E-state index contributed by atoms with van der Waals surface area (Å²) in [6, 6.07) is 6.81. The second kappa shape index (κ2) is 8.18. The Morgan fingerprint density at radius 2 is 1.78 bits per heavy atom. The van der Waals surface area contributed by atoms with Gasteiger partial charge in [-0.05, 0) is 43.4 Å². The van der Waals surface area contributed by atoms with Crippen molar-refractivity contribution in [3.63, 3.8) is 0 Å². The second-order valence-corrected chi connectivity index (χ2v) is 8.09. The lowest BCUT2D eigenvalue weighted by atomic mass is 9.94. The van der Waals surface area contributed by atoms with Gasteiger partial charge in [0.2, 0.25) is 5.91 Å². The third-order valence-electron chi connectivity index (χ3n) is 5.11. The number of carbonyl (C=O) groups is 1. The van der Waals surface area contributed by atoms with E-state index < -0.39 is 0 Å². The van der Waals surface area contributed by atoms with Gasteiger partial charge in [-0.15, -0.1) is 11.8 Å². The van der Waals surface area contributed by atoms with E-state index in [1.807, 2.05) is 28.8 Å². The molecule has 1 saturated carbocycles. The van der Waals surface area contributed by atoms with Gasteiger partial charge in [0, 0.05) is 24.3 Å². The molecule has 1 saturated heterocycles. The molecule has 0 aromatic heterocycles. The zero-order valence-corrected chi connectivity index (χ0v) is 14.5. The molecule has 1 aliphatic heterocycles. The second-order valence-electron chi connectivity index (χ2n) is 6.80. The number of rotatable bonds is 4. The van der Waals surface area contributed by atoms with Crippen LogP contribution in [-0.4, -0.2) is 34.9 Å². The summed E-state index contributed by atoms with van der Waals surface area (Å²) in [6.07, 6.45) is 8.50. The van der Waals surface area contributed by atoms with E-state index in [1.165, 1.54) is 37.8 Å². The van der Waals surface area contributed by atoms with Crippen LogP contribution in [0.4, 0.5) is 4.39 Å². The number of halogens is 1. The normalized spacial score (nSPS) is 23.0. The Morgan fingerprint density at radius 3 is 2.52 bits per heavy atom. The van der Waals surface area contributed by atoms with Gasteiger partial charge >= 0.3 is 0 Å². The zero-order valence-electron chi connectivity index (χ0n) is 13.7. The van der Waals surface area contributed by atoms with E-state index in [0.29, 0.717) is 16.9 Å². The maximum absolute atomic E-state index is 13.1. The quantitative estimate of drug-likeness (QED) is 0.801. The van der Waals surface area contributed by atoms with Crippen molar-refractivity contribution in [3.8, 4) is 0 Å². The van der Waals surface area contributed by atoms with Crippen molar-refractivity contribution in [2.45, 2.75) is 56.1 Å². The number of nitrogens with zero attached hydrogens (tertiary/aromatic N) is 1. The molecule has 23 heavy (non-hydrogen) atoms. The van der Waals surface area contributed by atoms with E-state index >= 15 is 0 Å². The van der Waals surface area contributed by atoms with Gasteiger partial charge < -0.3 is 4.90 Å². The molecule has 4 heteroatoms. The minimum Gasteiger partial charge on any atom is -0.341 e. The predicted octanol–water partition coefficient (Wildman–Crippen LogP) is 4.60. The molecule has 0 spiro atoms. The van der Waals surface area contributed by atoms with Gasteiger partial charge in [0.05, 0.1) is 5.75 Å². The monoisotopic (exact) mass is 335 g/mol. The number of likely N-dealkylation sites (tertiary alicyclic amines) is 1. The highest BCUT2D eigenvalue weighted by Crippen LogP contribution is 2.31. The van der Waals surface area contributed by atoms with Crippen LogP contribution in [0.2, 0.25) is 0 Å². The Hall–Kier alpha value is -1.03. The Kier molecular flexibility index (Phi) is 5.98. The highest BCUT2D eigenvalue weighted by Gasteiger charge is 2.24. The van der Waals surface area contributed by atoms with Crippen molar-refractivity contribution in [3.05, 3.63) is 35.6 Å². The molecule has 0 N–H and O–H groups in total. The van der Waals surface area contributed by atoms with Gasteiger partial charge in [0.1, 0.15) is 5.82 Å². The molecule has 1 amide bonds.